The molecule has 1 fully saturated rings. The van der Waals surface area contributed by atoms with E-state index in [-0.39, 0.29) is 28.7 Å². The van der Waals surface area contributed by atoms with E-state index in [4.69, 9.17) is 9.47 Å². The number of methoxy groups -OCH3 is 1. The van der Waals surface area contributed by atoms with Gasteiger partial charge in [0.25, 0.3) is 11.6 Å². The summed E-state index contributed by atoms with van der Waals surface area (Å²) in [7, 11) is 1.38. The predicted molar refractivity (Wildman–Crippen MR) is 110 cm³/mol. The Morgan fingerprint density at radius 2 is 1.84 bits per heavy atom. The number of para-hydroxylation sites is 1. The number of carbonyl (C=O) groups is 1. The second-order valence-electron chi connectivity index (χ2n) is 7.55. The lowest BCUT2D eigenvalue weighted by Gasteiger charge is -2.24. The Morgan fingerprint density at radius 1 is 1.16 bits per heavy atom. The number of alkyl halides is 3. The molecule has 1 aliphatic rings. The van der Waals surface area contributed by atoms with Crippen LogP contribution in [0.4, 0.5) is 18.9 Å². The van der Waals surface area contributed by atoms with Gasteiger partial charge in [0.05, 0.1) is 24.7 Å². The molecule has 0 bridgehead atoms. The van der Waals surface area contributed by atoms with Gasteiger partial charge in [-0.2, -0.15) is 13.2 Å². The van der Waals surface area contributed by atoms with E-state index in [2.05, 4.69) is 0 Å². The topological polar surface area (TPSA) is 81.9 Å². The molecule has 7 nitrogen and oxygen atoms in total. The molecule has 10 heteroatoms. The fourth-order valence-corrected chi connectivity index (χ4v) is 3.71. The van der Waals surface area contributed by atoms with Gasteiger partial charge >= 0.3 is 6.18 Å². The third kappa shape index (κ3) is 5.89. The van der Waals surface area contributed by atoms with Gasteiger partial charge in [-0.25, -0.2) is 0 Å². The first-order valence-electron chi connectivity index (χ1n) is 10.1. The first-order chi connectivity index (χ1) is 15.2. The van der Waals surface area contributed by atoms with E-state index in [1.807, 2.05) is 0 Å². The van der Waals surface area contributed by atoms with Gasteiger partial charge in [-0.05, 0) is 43.9 Å². The van der Waals surface area contributed by atoms with Gasteiger partial charge in [0.1, 0.15) is 6.54 Å². The molecule has 0 atom stereocenters. The normalized spacial score (nSPS) is 14.2. The second kappa shape index (κ2) is 9.88. The molecule has 2 aromatic carbocycles. The zero-order valence-corrected chi connectivity index (χ0v) is 17.4. The highest BCUT2D eigenvalue weighted by Crippen LogP contribution is 2.33. The van der Waals surface area contributed by atoms with Crippen molar-refractivity contribution in [1.82, 2.24) is 4.90 Å². The number of halogens is 3. The van der Waals surface area contributed by atoms with Crippen LogP contribution < -0.4 is 9.47 Å². The number of hydrogen-bond acceptors (Lipinski definition) is 5. The third-order valence-corrected chi connectivity index (χ3v) is 5.21. The maximum absolute atomic E-state index is 13.2. The van der Waals surface area contributed by atoms with Crippen LogP contribution in [-0.2, 0) is 6.54 Å². The van der Waals surface area contributed by atoms with Crippen molar-refractivity contribution in [2.45, 2.75) is 44.5 Å². The van der Waals surface area contributed by atoms with Crippen molar-refractivity contribution in [3.63, 3.8) is 0 Å². The number of nitro benzene ring substituents is 1. The lowest BCUT2D eigenvalue weighted by molar-refractivity contribution is -0.385. The summed E-state index contributed by atoms with van der Waals surface area (Å²) in [6.45, 7) is -2.13. The zero-order chi connectivity index (χ0) is 23.3. The molecule has 3 rings (SSSR count). The number of benzene rings is 2. The number of nitro groups is 1. The molecule has 0 aliphatic heterocycles. The summed E-state index contributed by atoms with van der Waals surface area (Å²) < 4.78 is 50.8. The van der Waals surface area contributed by atoms with Crippen LogP contribution >= 0.6 is 0 Å². The van der Waals surface area contributed by atoms with Gasteiger partial charge in [-0.15, -0.1) is 0 Å². The van der Waals surface area contributed by atoms with Crippen molar-refractivity contribution in [2.24, 2.45) is 0 Å². The van der Waals surface area contributed by atoms with E-state index in [9.17, 15) is 28.1 Å². The van der Waals surface area contributed by atoms with Crippen molar-refractivity contribution >= 4 is 11.6 Å². The highest BCUT2D eigenvalue weighted by molar-refractivity contribution is 5.95. The van der Waals surface area contributed by atoms with Crippen molar-refractivity contribution in [3.8, 4) is 11.5 Å². The smallest absolute Gasteiger partial charge is 0.406 e. The Labute approximate surface area is 182 Å². The summed E-state index contributed by atoms with van der Waals surface area (Å²) in [5.74, 6) is -0.274. The molecule has 1 saturated carbocycles. The summed E-state index contributed by atoms with van der Waals surface area (Å²) in [6, 6.07) is 9.59. The molecule has 0 radical (unpaired) electrons. The van der Waals surface area contributed by atoms with Gasteiger partial charge < -0.3 is 14.4 Å². The van der Waals surface area contributed by atoms with E-state index < -0.39 is 30.1 Å². The Balaban J connectivity index is 1.88. The molecule has 0 heterocycles. The van der Waals surface area contributed by atoms with E-state index in [1.165, 1.54) is 49.6 Å². The highest BCUT2D eigenvalue weighted by Gasteiger charge is 2.34. The zero-order valence-electron chi connectivity index (χ0n) is 17.4. The molecule has 172 valence electrons. The minimum absolute atomic E-state index is 0.00301. The van der Waals surface area contributed by atoms with Crippen LogP contribution in [0.2, 0.25) is 0 Å². The molecule has 0 spiro atoms. The minimum Gasteiger partial charge on any atom is -0.493 e. The van der Waals surface area contributed by atoms with Crippen LogP contribution in [0.25, 0.3) is 0 Å². The quantitative estimate of drug-likeness (QED) is 0.410. The van der Waals surface area contributed by atoms with Crippen LogP contribution in [0.5, 0.6) is 11.5 Å². The molecule has 32 heavy (non-hydrogen) atoms. The lowest BCUT2D eigenvalue weighted by Crippen LogP contribution is -2.38. The van der Waals surface area contributed by atoms with E-state index in [0.717, 1.165) is 25.7 Å². The molecule has 0 aromatic heterocycles. The fourth-order valence-electron chi connectivity index (χ4n) is 3.71. The van der Waals surface area contributed by atoms with E-state index >= 15 is 0 Å². The number of rotatable bonds is 8. The van der Waals surface area contributed by atoms with Gasteiger partial charge in [-0.1, -0.05) is 18.2 Å². The molecule has 0 N–H and O–H groups in total. The van der Waals surface area contributed by atoms with Crippen LogP contribution in [0.1, 0.15) is 41.6 Å². The fraction of sp³-hybridized carbons (Fsp3) is 0.409. The van der Waals surface area contributed by atoms with Crippen LogP contribution in [0.15, 0.2) is 42.5 Å². The van der Waals surface area contributed by atoms with Crippen LogP contribution in [-0.4, -0.2) is 41.7 Å². The number of carbonyl (C=O) groups excluding carboxylic acids is 1. The maximum atomic E-state index is 13.2. The SMILES string of the molecule is COc1cc(C(=O)N(Cc2ccccc2[N+](=O)[O-])CC(F)(F)F)ccc1OC1CCCC1. The summed E-state index contributed by atoms with van der Waals surface area (Å²) in [5, 5.41) is 11.2. The molecule has 1 amide bonds. The van der Waals surface area contributed by atoms with Crippen molar-refractivity contribution in [2.75, 3.05) is 13.7 Å². The van der Waals surface area contributed by atoms with Crippen LogP contribution in [0, 0.1) is 10.1 Å². The summed E-state index contributed by atoms with van der Waals surface area (Å²) >= 11 is 0. The standard InChI is InChI=1S/C22H23F3N2O5/c1-31-20-12-15(10-11-19(20)32-17-7-3-4-8-17)21(28)26(14-22(23,24)25)13-16-6-2-5-9-18(16)27(29)30/h2,5-6,9-12,17H,3-4,7-8,13-14H2,1H3. The number of ether oxygens (including phenoxy) is 2. The average molecular weight is 452 g/mol. The Kier molecular flexibility index (Phi) is 7.22. The van der Waals surface area contributed by atoms with E-state index in [0.29, 0.717) is 10.6 Å². The number of nitrogens with zero attached hydrogens (tertiary/aromatic N) is 2. The summed E-state index contributed by atoms with van der Waals surface area (Å²) in [6.07, 6.45) is -0.735. The molecule has 1 aliphatic carbocycles. The van der Waals surface area contributed by atoms with Gasteiger partial charge in [-0.3, -0.25) is 14.9 Å². The second-order valence-corrected chi connectivity index (χ2v) is 7.55. The first kappa shape index (κ1) is 23.4. The van der Waals surface area contributed by atoms with Gasteiger partial charge in [0, 0.05) is 17.2 Å². The molecular weight excluding hydrogens is 429 g/mol. The van der Waals surface area contributed by atoms with Crippen molar-refractivity contribution in [1.29, 1.82) is 0 Å². The molecule has 0 unspecified atom stereocenters. The third-order valence-electron chi connectivity index (χ3n) is 5.21. The largest absolute Gasteiger partial charge is 0.493 e. The Hall–Kier alpha value is -3.30. The monoisotopic (exact) mass is 452 g/mol. The number of hydrogen-bond donors (Lipinski definition) is 0. The minimum atomic E-state index is -4.69. The first-order valence-corrected chi connectivity index (χ1v) is 10.1. The average Bonchev–Trinajstić information content (AvgIpc) is 3.25. The van der Waals surface area contributed by atoms with Crippen LogP contribution in [0.3, 0.4) is 0 Å². The highest BCUT2D eigenvalue weighted by atomic mass is 19.4. The molecule has 0 saturated heterocycles. The summed E-state index contributed by atoms with van der Waals surface area (Å²) in [4.78, 5) is 24.1. The van der Waals surface area contributed by atoms with Gasteiger partial charge in [0.15, 0.2) is 11.5 Å². The van der Waals surface area contributed by atoms with Gasteiger partial charge in [0.2, 0.25) is 0 Å². The Morgan fingerprint density at radius 3 is 2.47 bits per heavy atom. The number of amides is 1. The Bertz CT molecular complexity index is 974. The molecular formula is C22H23F3N2O5. The lowest BCUT2D eigenvalue weighted by atomic mass is 10.1. The summed E-state index contributed by atoms with van der Waals surface area (Å²) in [5.41, 5.74) is -0.392. The van der Waals surface area contributed by atoms with E-state index in [1.54, 1.807) is 0 Å². The van der Waals surface area contributed by atoms with Crippen molar-refractivity contribution in [3.05, 3.63) is 63.7 Å². The predicted octanol–water partition coefficient (Wildman–Crippen LogP) is 5.13. The maximum Gasteiger partial charge on any atom is 0.406 e. The van der Waals surface area contributed by atoms with Crippen molar-refractivity contribution < 1.29 is 32.4 Å². The molecule has 2 aromatic rings.